The molecule has 1 aromatic rings. The Kier molecular flexibility index (Phi) is 2.97. The minimum absolute atomic E-state index is 0.117. The van der Waals surface area contributed by atoms with E-state index >= 15 is 0 Å². The second-order valence-corrected chi connectivity index (χ2v) is 3.21. The van der Waals surface area contributed by atoms with Crippen molar-refractivity contribution in [1.82, 2.24) is 0 Å². The molecule has 62 valence electrons. The summed E-state index contributed by atoms with van der Waals surface area (Å²) in [5.74, 6) is 0.117. The van der Waals surface area contributed by atoms with Gasteiger partial charge in [0.15, 0.2) is 11.1 Å². The Morgan fingerprint density at radius 3 is 2.42 bits per heavy atom. The standard InChI is InChI=1S/C8H7NO2S/c9-5-7-1-3-8(4-2-7)6-12(10)11/h1-4H,6H2,(H,10,11). The molecule has 1 atom stereocenters. The lowest BCUT2D eigenvalue weighted by atomic mass is 10.2. The van der Waals surface area contributed by atoms with Crippen LogP contribution in [0.25, 0.3) is 0 Å². The van der Waals surface area contributed by atoms with Gasteiger partial charge in [-0.1, -0.05) is 12.1 Å². The van der Waals surface area contributed by atoms with E-state index in [-0.39, 0.29) is 5.75 Å². The van der Waals surface area contributed by atoms with Crippen LogP contribution in [0.3, 0.4) is 0 Å². The van der Waals surface area contributed by atoms with Crippen LogP contribution in [0, 0.1) is 11.3 Å². The van der Waals surface area contributed by atoms with Crippen LogP contribution in [0.1, 0.15) is 11.1 Å². The van der Waals surface area contributed by atoms with Crippen molar-refractivity contribution in [3.8, 4) is 6.07 Å². The summed E-state index contributed by atoms with van der Waals surface area (Å²) < 4.78 is 18.9. The van der Waals surface area contributed by atoms with E-state index in [9.17, 15) is 4.21 Å². The van der Waals surface area contributed by atoms with Gasteiger partial charge in [-0.2, -0.15) is 5.26 Å². The van der Waals surface area contributed by atoms with Gasteiger partial charge in [0.25, 0.3) is 0 Å². The minimum Gasteiger partial charge on any atom is -0.306 e. The highest BCUT2D eigenvalue weighted by atomic mass is 32.2. The van der Waals surface area contributed by atoms with Gasteiger partial charge in [0, 0.05) is 0 Å². The molecule has 1 unspecified atom stereocenters. The summed E-state index contributed by atoms with van der Waals surface area (Å²) in [6, 6.07) is 8.57. The maximum atomic E-state index is 10.4. The van der Waals surface area contributed by atoms with E-state index in [1.807, 2.05) is 6.07 Å². The average Bonchev–Trinajstić information content (AvgIpc) is 2.05. The van der Waals surface area contributed by atoms with Crippen molar-refractivity contribution in [3.63, 3.8) is 0 Å². The molecule has 0 saturated heterocycles. The number of benzene rings is 1. The molecule has 0 radical (unpaired) electrons. The van der Waals surface area contributed by atoms with Crippen LogP contribution in [0.2, 0.25) is 0 Å². The summed E-state index contributed by atoms with van der Waals surface area (Å²) in [5.41, 5.74) is 1.32. The van der Waals surface area contributed by atoms with Crippen molar-refractivity contribution in [3.05, 3.63) is 35.4 Å². The van der Waals surface area contributed by atoms with E-state index in [1.54, 1.807) is 24.3 Å². The van der Waals surface area contributed by atoms with Crippen LogP contribution >= 0.6 is 0 Å². The Hall–Kier alpha value is -1.18. The number of nitrogens with zero attached hydrogens (tertiary/aromatic N) is 1. The highest BCUT2D eigenvalue weighted by Gasteiger charge is 1.97. The summed E-state index contributed by atoms with van der Waals surface area (Å²) in [4.78, 5) is 0. The third kappa shape index (κ3) is 2.46. The van der Waals surface area contributed by atoms with Crippen LogP contribution < -0.4 is 0 Å². The second-order valence-electron chi connectivity index (χ2n) is 2.27. The Morgan fingerprint density at radius 2 is 2.00 bits per heavy atom. The van der Waals surface area contributed by atoms with Crippen LogP contribution in [-0.2, 0) is 16.8 Å². The van der Waals surface area contributed by atoms with E-state index in [1.165, 1.54) is 0 Å². The Balaban J connectivity index is 2.80. The highest BCUT2D eigenvalue weighted by molar-refractivity contribution is 7.78. The zero-order chi connectivity index (χ0) is 8.97. The molecule has 0 saturated carbocycles. The molecule has 0 heterocycles. The molecule has 1 rings (SSSR count). The maximum absolute atomic E-state index is 10.4. The molecular formula is C8H7NO2S. The monoisotopic (exact) mass is 181 g/mol. The molecule has 1 N–H and O–H groups in total. The molecule has 0 aliphatic heterocycles. The quantitative estimate of drug-likeness (QED) is 0.699. The van der Waals surface area contributed by atoms with Crippen LogP contribution in [0.15, 0.2) is 24.3 Å². The molecular weight excluding hydrogens is 174 g/mol. The third-order valence-corrected chi connectivity index (χ3v) is 1.95. The first kappa shape index (κ1) is 8.91. The van der Waals surface area contributed by atoms with E-state index in [0.29, 0.717) is 5.56 Å². The van der Waals surface area contributed by atoms with Gasteiger partial charge in [-0.3, -0.25) is 0 Å². The van der Waals surface area contributed by atoms with Crippen molar-refractivity contribution in [2.75, 3.05) is 0 Å². The number of nitriles is 1. The summed E-state index contributed by atoms with van der Waals surface area (Å²) in [6.07, 6.45) is 0. The summed E-state index contributed by atoms with van der Waals surface area (Å²) in [5, 5.41) is 8.45. The van der Waals surface area contributed by atoms with Crippen LogP contribution in [0.4, 0.5) is 0 Å². The van der Waals surface area contributed by atoms with Gasteiger partial charge >= 0.3 is 0 Å². The number of rotatable bonds is 2. The van der Waals surface area contributed by atoms with Gasteiger partial charge in [0.2, 0.25) is 0 Å². The zero-order valence-corrected chi connectivity index (χ0v) is 7.04. The molecule has 0 aromatic heterocycles. The van der Waals surface area contributed by atoms with Crippen molar-refractivity contribution >= 4 is 11.1 Å². The van der Waals surface area contributed by atoms with Crippen molar-refractivity contribution < 1.29 is 8.76 Å². The smallest absolute Gasteiger partial charge is 0.157 e. The molecule has 0 amide bonds. The molecule has 0 spiro atoms. The van der Waals surface area contributed by atoms with Gasteiger partial charge in [-0.05, 0) is 17.7 Å². The Labute approximate surface area is 72.9 Å². The summed E-state index contributed by atoms with van der Waals surface area (Å²) in [6.45, 7) is 0. The molecule has 0 bridgehead atoms. The van der Waals surface area contributed by atoms with Crippen molar-refractivity contribution in [1.29, 1.82) is 5.26 Å². The first-order valence-corrected chi connectivity index (χ1v) is 4.56. The predicted octanol–water partition coefficient (Wildman–Crippen LogP) is 1.28. The SMILES string of the molecule is N#Cc1ccc(CS(=O)O)cc1. The summed E-state index contributed by atoms with van der Waals surface area (Å²) in [7, 11) is 0. The normalized spacial score (nSPS) is 12.0. The first-order chi connectivity index (χ1) is 5.72. The summed E-state index contributed by atoms with van der Waals surface area (Å²) >= 11 is -1.81. The fraction of sp³-hybridized carbons (Fsp3) is 0.125. The fourth-order valence-electron chi connectivity index (χ4n) is 0.818. The van der Waals surface area contributed by atoms with E-state index in [4.69, 9.17) is 9.81 Å². The van der Waals surface area contributed by atoms with Crippen LogP contribution in [-0.4, -0.2) is 8.76 Å². The molecule has 0 aliphatic carbocycles. The second kappa shape index (κ2) is 4.00. The third-order valence-electron chi connectivity index (χ3n) is 1.37. The van der Waals surface area contributed by atoms with Gasteiger partial charge in [0.1, 0.15) is 0 Å². The largest absolute Gasteiger partial charge is 0.306 e. The van der Waals surface area contributed by atoms with Gasteiger partial charge in [-0.15, -0.1) is 0 Å². The lowest BCUT2D eigenvalue weighted by Crippen LogP contribution is -1.92. The van der Waals surface area contributed by atoms with Gasteiger partial charge in [0.05, 0.1) is 17.4 Å². The minimum atomic E-state index is -1.81. The molecule has 0 aliphatic rings. The average molecular weight is 181 g/mol. The van der Waals surface area contributed by atoms with Crippen LogP contribution in [0.5, 0.6) is 0 Å². The first-order valence-electron chi connectivity index (χ1n) is 3.29. The molecule has 0 fully saturated rings. The molecule has 4 heteroatoms. The number of hydrogen-bond acceptors (Lipinski definition) is 2. The topological polar surface area (TPSA) is 61.1 Å². The fourth-order valence-corrected chi connectivity index (χ4v) is 1.30. The van der Waals surface area contributed by atoms with E-state index in [2.05, 4.69) is 0 Å². The highest BCUT2D eigenvalue weighted by Crippen LogP contribution is 2.04. The molecule has 12 heavy (non-hydrogen) atoms. The van der Waals surface area contributed by atoms with Gasteiger partial charge in [-0.25, -0.2) is 4.21 Å². The van der Waals surface area contributed by atoms with Crippen molar-refractivity contribution in [2.45, 2.75) is 5.75 Å². The van der Waals surface area contributed by atoms with Gasteiger partial charge < -0.3 is 4.55 Å². The molecule has 1 aromatic carbocycles. The predicted molar refractivity (Wildman–Crippen MR) is 45.6 cm³/mol. The van der Waals surface area contributed by atoms with Crippen molar-refractivity contribution in [2.24, 2.45) is 0 Å². The lowest BCUT2D eigenvalue weighted by molar-refractivity contribution is 0.563. The lowest BCUT2D eigenvalue weighted by Gasteiger charge is -1.95. The van der Waals surface area contributed by atoms with E-state index in [0.717, 1.165) is 5.56 Å². The Morgan fingerprint density at radius 1 is 1.42 bits per heavy atom. The number of hydrogen-bond donors (Lipinski definition) is 1. The Bertz CT molecular complexity index is 326. The zero-order valence-electron chi connectivity index (χ0n) is 6.23. The van der Waals surface area contributed by atoms with E-state index < -0.39 is 11.1 Å². The molecule has 3 nitrogen and oxygen atoms in total. The maximum Gasteiger partial charge on any atom is 0.157 e.